The lowest BCUT2D eigenvalue weighted by Gasteiger charge is -2.10. The van der Waals surface area contributed by atoms with Crippen LogP contribution in [0.15, 0.2) is 47.5 Å². The van der Waals surface area contributed by atoms with E-state index in [9.17, 15) is 8.42 Å². The quantitative estimate of drug-likeness (QED) is 0.782. The summed E-state index contributed by atoms with van der Waals surface area (Å²) in [4.78, 5) is 4.18. The Labute approximate surface area is 124 Å². The molecule has 7 heteroatoms. The van der Waals surface area contributed by atoms with Gasteiger partial charge in [-0.3, -0.25) is 4.98 Å². The molecule has 0 atom stereocenters. The molecule has 0 bridgehead atoms. The molecule has 1 aromatic heterocycles. The van der Waals surface area contributed by atoms with Crippen molar-refractivity contribution in [1.82, 2.24) is 9.71 Å². The summed E-state index contributed by atoms with van der Waals surface area (Å²) in [5.41, 5.74) is 6.73. The van der Waals surface area contributed by atoms with E-state index in [1.54, 1.807) is 12.3 Å². The van der Waals surface area contributed by atoms with Crippen LogP contribution in [0.5, 0.6) is 5.75 Å². The molecule has 1 heterocycles. The predicted octanol–water partition coefficient (Wildman–Crippen LogP) is 1.19. The predicted molar refractivity (Wildman–Crippen MR) is 80.5 cm³/mol. The molecule has 0 amide bonds. The summed E-state index contributed by atoms with van der Waals surface area (Å²) in [6, 6.07) is 9.98. The highest BCUT2D eigenvalue weighted by Crippen LogP contribution is 2.23. The average Bonchev–Trinajstić information content (AvgIpc) is 2.47. The number of hydrogen-bond acceptors (Lipinski definition) is 5. The van der Waals surface area contributed by atoms with E-state index in [1.807, 2.05) is 18.2 Å². The number of nitrogens with two attached hydrogens (primary N) is 1. The van der Waals surface area contributed by atoms with Gasteiger partial charge in [0.1, 0.15) is 10.6 Å². The Morgan fingerprint density at radius 1 is 1.29 bits per heavy atom. The lowest BCUT2D eigenvalue weighted by molar-refractivity contribution is 0.414. The third-order valence-electron chi connectivity index (χ3n) is 2.91. The zero-order chi connectivity index (χ0) is 15.3. The Kier molecular flexibility index (Phi) is 4.77. The number of rotatable bonds is 6. The monoisotopic (exact) mass is 307 g/mol. The van der Waals surface area contributed by atoms with Crippen molar-refractivity contribution in [2.45, 2.75) is 11.3 Å². The lowest BCUT2D eigenvalue weighted by Crippen LogP contribution is -2.26. The first-order valence-corrected chi connectivity index (χ1v) is 7.84. The topological polar surface area (TPSA) is 94.3 Å². The van der Waals surface area contributed by atoms with E-state index in [0.717, 1.165) is 5.69 Å². The summed E-state index contributed by atoms with van der Waals surface area (Å²) in [6.07, 6.45) is 2.18. The Hall–Kier alpha value is -2.12. The van der Waals surface area contributed by atoms with Gasteiger partial charge in [-0.25, -0.2) is 13.1 Å². The van der Waals surface area contributed by atoms with Crippen molar-refractivity contribution >= 4 is 15.7 Å². The van der Waals surface area contributed by atoms with Crippen molar-refractivity contribution in [3.8, 4) is 5.75 Å². The summed E-state index contributed by atoms with van der Waals surface area (Å²) in [5, 5.41) is 0. The first kappa shape index (κ1) is 15.3. The molecule has 0 aliphatic rings. The molecule has 2 aromatic rings. The Bertz CT molecular complexity index is 703. The average molecular weight is 307 g/mol. The molecule has 3 N–H and O–H groups in total. The molecular weight excluding hydrogens is 290 g/mol. The maximum atomic E-state index is 12.2. The van der Waals surface area contributed by atoms with Crippen LogP contribution in [0.4, 0.5) is 5.69 Å². The molecule has 2 rings (SSSR count). The SMILES string of the molecule is COc1ccc(S(=O)(=O)NCCc2ccccn2)c(N)c1. The molecule has 112 valence electrons. The number of hydrogen-bond donors (Lipinski definition) is 2. The summed E-state index contributed by atoms with van der Waals surface area (Å²) in [6.45, 7) is 0.255. The number of methoxy groups -OCH3 is 1. The van der Waals surface area contributed by atoms with Gasteiger partial charge in [0.15, 0.2) is 0 Å². The zero-order valence-corrected chi connectivity index (χ0v) is 12.4. The van der Waals surface area contributed by atoms with Crippen LogP contribution in [0, 0.1) is 0 Å². The van der Waals surface area contributed by atoms with E-state index in [0.29, 0.717) is 12.2 Å². The van der Waals surface area contributed by atoms with Crippen LogP contribution in [0.2, 0.25) is 0 Å². The molecule has 21 heavy (non-hydrogen) atoms. The first-order valence-electron chi connectivity index (χ1n) is 6.36. The van der Waals surface area contributed by atoms with E-state index in [2.05, 4.69) is 9.71 Å². The van der Waals surface area contributed by atoms with Gasteiger partial charge < -0.3 is 10.5 Å². The molecule has 0 spiro atoms. The van der Waals surface area contributed by atoms with Gasteiger partial charge in [0.25, 0.3) is 0 Å². The van der Waals surface area contributed by atoms with Crippen LogP contribution in [-0.4, -0.2) is 27.1 Å². The van der Waals surface area contributed by atoms with Crippen LogP contribution in [0.25, 0.3) is 0 Å². The second kappa shape index (κ2) is 6.55. The maximum Gasteiger partial charge on any atom is 0.242 e. The number of aromatic nitrogens is 1. The minimum absolute atomic E-state index is 0.0457. The number of benzene rings is 1. The Morgan fingerprint density at radius 3 is 2.71 bits per heavy atom. The maximum absolute atomic E-state index is 12.2. The van der Waals surface area contributed by atoms with Crippen LogP contribution < -0.4 is 15.2 Å². The number of nitrogen functional groups attached to an aromatic ring is 1. The Balaban J connectivity index is 2.05. The van der Waals surface area contributed by atoms with Crippen LogP contribution >= 0.6 is 0 Å². The summed E-state index contributed by atoms with van der Waals surface area (Å²) < 4.78 is 31.9. The van der Waals surface area contributed by atoms with Crippen molar-refractivity contribution in [1.29, 1.82) is 0 Å². The number of ether oxygens (including phenoxy) is 1. The standard InChI is InChI=1S/C14H17N3O3S/c1-20-12-5-6-14(13(15)10-12)21(18,19)17-9-7-11-4-2-3-8-16-11/h2-6,8,10,17H,7,9,15H2,1H3. The van der Waals surface area contributed by atoms with E-state index >= 15 is 0 Å². The van der Waals surface area contributed by atoms with Gasteiger partial charge >= 0.3 is 0 Å². The van der Waals surface area contributed by atoms with Crippen LogP contribution in [0.3, 0.4) is 0 Å². The largest absolute Gasteiger partial charge is 0.497 e. The number of sulfonamides is 1. The van der Waals surface area contributed by atoms with E-state index in [4.69, 9.17) is 10.5 Å². The fourth-order valence-corrected chi connectivity index (χ4v) is 2.98. The van der Waals surface area contributed by atoms with Crippen molar-refractivity contribution in [2.75, 3.05) is 19.4 Å². The minimum atomic E-state index is -3.64. The first-order chi connectivity index (χ1) is 10.0. The van der Waals surface area contributed by atoms with Gasteiger partial charge in [-0.2, -0.15) is 0 Å². The smallest absolute Gasteiger partial charge is 0.242 e. The molecule has 0 fully saturated rings. The third-order valence-corrected chi connectivity index (χ3v) is 4.44. The van der Waals surface area contributed by atoms with Crippen LogP contribution in [-0.2, 0) is 16.4 Å². The zero-order valence-electron chi connectivity index (χ0n) is 11.6. The third kappa shape index (κ3) is 3.93. The van der Waals surface area contributed by atoms with Gasteiger partial charge in [-0.15, -0.1) is 0 Å². The summed E-state index contributed by atoms with van der Waals surface area (Å²) >= 11 is 0. The van der Waals surface area contributed by atoms with Crippen molar-refractivity contribution < 1.29 is 13.2 Å². The highest BCUT2D eigenvalue weighted by Gasteiger charge is 2.17. The van der Waals surface area contributed by atoms with Crippen molar-refractivity contribution in [3.05, 3.63) is 48.3 Å². The number of anilines is 1. The number of nitrogens with zero attached hydrogens (tertiary/aromatic N) is 1. The molecule has 1 aromatic carbocycles. The molecule has 0 radical (unpaired) electrons. The van der Waals surface area contributed by atoms with Gasteiger partial charge in [0, 0.05) is 30.9 Å². The normalized spacial score (nSPS) is 11.3. The molecular formula is C14H17N3O3S. The van der Waals surface area contributed by atoms with Gasteiger partial charge in [0.2, 0.25) is 10.0 Å². The van der Waals surface area contributed by atoms with Crippen molar-refractivity contribution in [2.24, 2.45) is 0 Å². The molecule has 0 saturated carbocycles. The van der Waals surface area contributed by atoms with Crippen LogP contribution in [0.1, 0.15) is 5.69 Å². The van der Waals surface area contributed by atoms with E-state index < -0.39 is 10.0 Å². The highest BCUT2D eigenvalue weighted by atomic mass is 32.2. The van der Waals surface area contributed by atoms with Crippen molar-refractivity contribution in [3.63, 3.8) is 0 Å². The van der Waals surface area contributed by atoms with E-state index in [-0.39, 0.29) is 17.1 Å². The molecule has 0 aliphatic carbocycles. The molecule has 6 nitrogen and oxygen atoms in total. The molecule has 0 unspecified atom stereocenters. The molecule has 0 aliphatic heterocycles. The lowest BCUT2D eigenvalue weighted by atomic mass is 10.3. The van der Waals surface area contributed by atoms with Gasteiger partial charge in [-0.1, -0.05) is 6.07 Å². The second-order valence-corrected chi connectivity index (χ2v) is 6.11. The summed E-state index contributed by atoms with van der Waals surface area (Å²) in [5.74, 6) is 0.514. The van der Waals surface area contributed by atoms with E-state index in [1.165, 1.54) is 19.2 Å². The van der Waals surface area contributed by atoms with Gasteiger partial charge in [-0.05, 0) is 24.3 Å². The fourth-order valence-electron chi connectivity index (χ4n) is 1.84. The fraction of sp³-hybridized carbons (Fsp3) is 0.214. The molecule has 0 saturated heterocycles. The summed E-state index contributed by atoms with van der Waals surface area (Å²) in [7, 11) is -2.15. The van der Waals surface area contributed by atoms with Gasteiger partial charge in [0.05, 0.1) is 12.8 Å². The second-order valence-electron chi connectivity index (χ2n) is 4.37. The highest BCUT2D eigenvalue weighted by molar-refractivity contribution is 7.89. The number of nitrogens with one attached hydrogen (secondary N) is 1. The minimum Gasteiger partial charge on any atom is -0.497 e. The number of pyridine rings is 1. The Morgan fingerprint density at radius 2 is 2.10 bits per heavy atom.